The van der Waals surface area contributed by atoms with Crippen molar-refractivity contribution in [3.8, 4) is 11.5 Å². The molecule has 2 aromatic rings. The van der Waals surface area contributed by atoms with E-state index in [0.717, 1.165) is 23.7 Å². The van der Waals surface area contributed by atoms with E-state index >= 15 is 0 Å². The molecule has 0 heterocycles. The Balaban J connectivity index is 2.12. The highest BCUT2D eigenvalue weighted by Gasteiger charge is 1.97. The number of anilines is 1. The lowest BCUT2D eigenvalue weighted by Gasteiger charge is -2.08. The highest BCUT2D eigenvalue weighted by molar-refractivity contribution is 5.49. The molecule has 0 aliphatic carbocycles. The third-order valence-corrected chi connectivity index (χ3v) is 2.19. The Morgan fingerprint density at radius 3 is 2.44 bits per heavy atom. The van der Waals surface area contributed by atoms with Gasteiger partial charge in [-0.05, 0) is 31.2 Å². The van der Waals surface area contributed by atoms with Gasteiger partial charge in [0.15, 0.2) is 0 Å². The van der Waals surface area contributed by atoms with Crippen molar-refractivity contribution in [1.29, 1.82) is 0 Å². The molecule has 0 aliphatic rings. The molecule has 0 aliphatic heterocycles. The summed E-state index contributed by atoms with van der Waals surface area (Å²) in [4.78, 5) is 0. The fourth-order valence-electron chi connectivity index (χ4n) is 1.50. The zero-order valence-corrected chi connectivity index (χ0v) is 9.31. The van der Waals surface area contributed by atoms with Gasteiger partial charge in [0.2, 0.25) is 0 Å². The average Bonchev–Trinajstić information content (AvgIpc) is 2.31. The lowest BCUT2D eigenvalue weighted by Crippen LogP contribution is -1.96. The molecule has 2 rings (SSSR count). The Bertz CT molecular complexity index is 439. The highest BCUT2D eigenvalue weighted by Crippen LogP contribution is 2.23. The van der Waals surface area contributed by atoms with Crippen LogP contribution in [-0.2, 0) is 0 Å². The summed E-state index contributed by atoms with van der Waals surface area (Å²) in [5.74, 6) is 1.71. The molecule has 0 aromatic heterocycles. The molecule has 0 saturated heterocycles. The lowest BCUT2D eigenvalue weighted by molar-refractivity contribution is 0.483. The van der Waals surface area contributed by atoms with Crippen LogP contribution in [0.2, 0.25) is 0 Å². The van der Waals surface area contributed by atoms with Gasteiger partial charge in [-0.1, -0.05) is 24.3 Å². The minimum atomic E-state index is 0.852. The number of benzene rings is 2. The van der Waals surface area contributed by atoms with Crippen LogP contribution in [-0.4, -0.2) is 6.54 Å². The van der Waals surface area contributed by atoms with Crippen LogP contribution in [0.4, 0.5) is 5.69 Å². The maximum absolute atomic E-state index is 5.73. The third kappa shape index (κ3) is 2.76. The molecule has 0 spiro atoms. The molecule has 2 aromatic carbocycles. The molecule has 0 amide bonds. The topological polar surface area (TPSA) is 21.3 Å². The zero-order chi connectivity index (χ0) is 11.2. The minimum Gasteiger partial charge on any atom is -0.457 e. The van der Waals surface area contributed by atoms with E-state index in [-0.39, 0.29) is 0 Å². The van der Waals surface area contributed by atoms with Crippen LogP contribution in [0.3, 0.4) is 0 Å². The van der Waals surface area contributed by atoms with Gasteiger partial charge < -0.3 is 10.1 Å². The summed E-state index contributed by atoms with van der Waals surface area (Å²) in [5, 5.41) is 3.25. The fraction of sp³-hybridized carbons (Fsp3) is 0.143. The molecular formula is C14H15NO. The molecule has 0 saturated carbocycles. The van der Waals surface area contributed by atoms with Crippen molar-refractivity contribution in [2.45, 2.75) is 6.92 Å². The van der Waals surface area contributed by atoms with Gasteiger partial charge in [0.1, 0.15) is 11.5 Å². The van der Waals surface area contributed by atoms with Gasteiger partial charge in [0, 0.05) is 18.3 Å². The molecule has 0 radical (unpaired) electrons. The summed E-state index contributed by atoms with van der Waals surface area (Å²) in [5.41, 5.74) is 1.08. The Kier molecular flexibility index (Phi) is 3.44. The standard InChI is InChI=1S/C14H15NO/c1-2-15-12-7-6-10-14(11-12)16-13-8-4-3-5-9-13/h3-11,15H,2H2,1H3. The van der Waals surface area contributed by atoms with Crippen molar-refractivity contribution < 1.29 is 4.74 Å². The van der Waals surface area contributed by atoms with Crippen LogP contribution in [0.1, 0.15) is 6.92 Å². The lowest BCUT2D eigenvalue weighted by atomic mass is 10.3. The molecule has 1 N–H and O–H groups in total. The molecule has 16 heavy (non-hydrogen) atoms. The Morgan fingerprint density at radius 1 is 0.938 bits per heavy atom. The van der Waals surface area contributed by atoms with Crippen LogP contribution in [0.25, 0.3) is 0 Å². The van der Waals surface area contributed by atoms with Crippen molar-refractivity contribution in [3.63, 3.8) is 0 Å². The number of ether oxygens (including phenoxy) is 1. The van der Waals surface area contributed by atoms with Crippen molar-refractivity contribution in [2.75, 3.05) is 11.9 Å². The molecule has 2 nitrogen and oxygen atoms in total. The van der Waals surface area contributed by atoms with Gasteiger partial charge >= 0.3 is 0 Å². The van der Waals surface area contributed by atoms with Crippen LogP contribution in [0, 0.1) is 0 Å². The fourth-order valence-corrected chi connectivity index (χ4v) is 1.50. The summed E-state index contributed by atoms with van der Waals surface area (Å²) in [7, 11) is 0. The number of nitrogens with one attached hydrogen (secondary N) is 1. The van der Waals surface area contributed by atoms with Gasteiger partial charge in [-0.15, -0.1) is 0 Å². The predicted molar refractivity (Wildman–Crippen MR) is 67.1 cm³/mol. The van der Waals surface area contributed by atoms with Crippen LogP contribution in [0.15, 0.2) is 54.6 Å². The quantitative estimate of drug-likeness (QED) is 0.831. The van der Waals surface area contributed by atoms with E-state index in [9.17, 15) is 0 Å². The van der Waals surface area contributed by atoms with E-state index in [2.05, 4.69) is 12.2 Å². The predicted octanol–water partition coefficient (Wildman–Crippen LogP) is 3.91. The maximum atomic E-state index is 5.73. The Morgan fingerprint density at radius 2 is 1.69 bits per heavy atom. The van der Waals surface area contributed by atoms with E-state index in [4.69, 9.17) is 4.74 Å². The number of para-hydroxylation sites is 1. The second-order valence-electron chi connectivity index (χ2n) is 3.47. The summed E-state index contributed by atoms with van der Waals surface area (Å²) in [6.45, 7) is 2.99. The minimum absolute atomic E-state index is 0.852. The van der Waals surface area contributed by atoms with Crippen LogP contribution < -0.4 is 10.1 Å². The average molecular weight is 213 g/mol. The first kappa shape index (κ1) is 10.6. The first-order valence-electron chi connectivity index (χ1n) is 5.45. The molecule has 2 heteroatoms. The van der Waals surface area contributed by atoms with Gasteiger partial charge in [-0.3, -0.25) is 0 Å². The van der Waals surface area contributed by atoms with Crippen LogP contribution in [0.5, 0.6) is 11.5 Å². The largest absolute Gasteiger partial charge is 0.457 e. The van der Waals surface area contributed by atoms with Crippen molar-refractivity contribution in [3.05, 3.63) is 54.6 Å². The number of hydrogen-bond donors (Lipinski definition) is 1. The summed E-state index contributed by atoms with van der Waals surface area (Å²) < 4.78 is 5.73. The van der Waals surface area contributed by atoms with Crippen molar-refractivity contribution in [2.24, 2.45) is 0 Å². The molecular weight excluding hydrogens is 198 g/mol. The molecule has 0 unspecified atom stereocenters. The highest BCUT2D eigenvalue weighted by atomic mass is 16.5. The van der Waals surface area contributed by atoms with Crippen molar-refractivity contribution in [1.82, 2.24) is 0 Å². The van der Waals surface area contributed by atoms with Gasteiger partial charge in [-0.25, -0.2) is 0 Å². The van der Waals surface area contributed by atoms with Crippen molar-refractivity contribution >= 4 is 5.69 Å². The Labute approximate surface area is 95.9 Å². The summed E-state index contributed by atoms with van der Waals surface area (Å²) in [6.07, 6.45) is 0. The molecule has 82 valence electrons. The second kappa shape index (κ2) is 5.21. The molecule has 0 bridgehead atoms. The maximum Gasteiger partial charge on any atom is 0.129 e. The summed E-state index contributed by atoms with van der Waals surface area (Å²) >= 11 is 0. The second-order valence-corrected chi connectivity index (χ2v) is 3.47. The normalized spacial score (nSPS) is 9.81. The van der Waals surface area contributed by atoms with Gasteiger partial charge in [-0.2, -0.15) is 0 Å². The van der Waals surface area contributed by atoms with E-state index in [1.54, 1.807) is 0 Å². The van der Waals surface area contributed by atoms with E-state index in [1.165, 1.54) is 0 Å². The van der Waals surface area contributed by atoms with E-state index in [0.29, 0.717) is 0 Å². The van der Waals surface area contributed by atoms with E-state index < -0.39 is 0 Å². The van der Waals surface area contributed by atoms with E-state index in [1.807, 2.05) is 54.6 Å². The van der Waals surface area contributed by atoms with Crippen LogP contribution >= 0.6 is 0 Å². The third-order valence-electron chi connectivity index (χ3n) is 2.19. The SMILES string of the molecule is CCNc1cccc(Oc2ccccc2)c1. The Hall–Kier alpha value is -1.96. The number of rotatable bonds is 4. The molecule has 0 atom stereocenters. The monoisotopic (exact) mass is 213 g/mol. The zero-order valence-electron chi connectivity index (χ0n) is 9.31. The first-order chi connectivity index (χ1) is 7.88. The molecule has 0 fully saturated rings. The van der Waals surface area contributed by atoms with Gasteiger partial charge in [0.25, 0.3) is 0 Å². The summed E-state index contributed by atoms with van der Waals surface area (Å²) in [6, 6.07) is 17.7. The first-order valence-corrected chi connectivity index (χ1v) is 5.45. The number of hydrogen-bond acceptors (Lipinski definition) is 2. The smallest absolute Gasteiger partial charge is 0.129 e. The van der Waals surface area contributed by atoms with Gasteiger partial charge in [0.05, 0.1) is 0 Å².